The molecule has 0 unspecified atom stereocenters. The Morgan fingerprint density at radius 2 is 1.80 bits per heavy atom. The molecule has 0 atom stereocenters. The van der Waals surface area contributed by atoms with Crippen molar-refractivity contribution in [3.05, 3.63) is 0 Å². The summed E-state index contributed by atoms with van der Waals surface area (Å²) in [5.74, 6) is 0.00986. The Kier molecular flexibility index (Phi) is 7.34. The van der Waals surface area contributed by atoms with E-state index in [4.69, 9.17) is 9.47 Å². The van der Waals surface area contributed by atoms with Crippen LogP contribution in [0.2, 0.25) is 0 Å². The molecule has 4 nitrogen and oxygen atoms in total. The molecule has 0 aromatic carbocycles. The molecule has 90 valence electrons. The minimum Gasteiger partial charge on any atom is -0.381 e. The van der Waals surface area contributed by atoms with Crippen molar-refractivity contribution in [1.82, 2.24) is 5.32 Å². The number of carbonyl (C=O) groups excluding carboxylic acids is 1. The van der Waals surface area contributed by atoms with Gasteiger partial charge in [-0.05, 0) is 27.7 Å². The van der Waals surface area contributed by atoms with Crippen LogP contribution in [-0.2, 0) is 14.3 Å². The smallest absolute Gasteiger partial charge is 0.228 e. The SMILES string of the molecule is CCOCCNC(=O)C(C)(C)COCC. The van der Waals surface area contributed by atoms with E-state index >= 15 is 0 Å². The number of ether oxygens (including phenoxy) is 2. The topological polar surface area (TPSA) is 47.6 Å². The summed E-state index contributed by atoms with van der Waals surface area (Å²) in [6, 6.07) is 0. The molecule has 0 aliphatic rings. The van der Waals surface area contributed by atoms with Crippen molar-refractivity contribution in [2.24, 2.45) is 5.41 Å². The number of hydrogen-bond donors (Lipinski definition) is 1. The molecule has 0 fully saturated rings. The van der Waals surface area contributed by atoms with Crippen LogP contribution in [0.4, 0.5) is 0 Å². The highest BCUT2D eigenvalue weighted by molar-refractivity contribution is 5.81. The first-order chi connectivity index (χ1) is 7.04. The van der Waals surface area contributed by atoms with Crippen LogP contribution in [-0.4, -0.2) is 38.9 Å². The number of amides is 1. The zero-order valence-corrected chi connectivity index (χ0v) is 10.3. The molecule has 0 heterocycles. The second-order valence-electron chi connectivity index (χ2n) is 3.97. The molecule has 0 saturated carbocycles. The summed E-state index contributed by atoms with van der Waals surface area (Å²) < 4.78 is 10.4. The van der Waals surface area contributed by atoms with Gasteiger partial charge in [0, 0.05) is 19.8 Å². The summed E-state index contributed by atoms with van der Waals surface area (Å²) >= 11 is 0. The molecule has 15 heavy (non-hydrogen) atoms. The van der Waals surface area contributed by atoms with Gasteiger partial charge in [-0.15, -0.1) is 0 Å². The highest BCUT2D eigenvalue weighted by atomic mass is 16.5. The van der Waals surface area contributed by atoms with E-state index in [-0.39, 0.29) is 5.91 Å². The highest BCUT2D eigenvalue weighted by Gasteiger charge is 2.27. The van der Waals surface area contributed by atoms with E-state index in [2.05, 4.69) is 5.32 Å². The van der Waals surface area contributed by atoms with Gasteiger partial charge in [-0.3, -0.25) is 4.79 Å². The second-order valence-corrected chi connectivity index (χ2v) is 3.97. The van der Waals surface area contributed by atoms with E-state index < -0.39 is 5.41 Å². The Bertz CT molecular complexity index is 181. The molecule has 0 bridgehead atoms. The molecule has 0 rings (SSSR count). The first-order valence-corrected chi connectivity index (χ1v) is 5.48. The maximum Gasteiger partial charge on any atom is 0.228 e. The van der Waals surface area contributed by atoms with Crippen LogP contribution < -0.4 is 5.32 Å². The third-order valence-electron chi connectivity index (χ3n) is 2.02. The average Bonchev–Trinajstić information content (AvgIpc) is 2.21. The van der Waals surface area contributed by atoms with Crippen molar-refractivity contribution < 1.29 is 14.3 Å². The minimum absolute atomic E-state index is 0.00986. The Morgan fingerprint density at radius 3 is 2.33 bits per heavy atom. The maximum absolute atomic E-state index is 11.7. The van der Waals surface area contributed by atoms with Gasteiger partial charge in [0.05, 0.1) is 18.6 Å². The largest absolute Gasteiger partial charge is 0.381 e. The van der Waals surface area contributed by atoms with Crippen LogP contribution in [0.5, 0.6) is 0 Å². The predicted molar refractivity (Wildman–Crippen MR) is 59.8 cm³/mol. The lowest BCUT2D eigenvalue weighted by molar-refractivity contribution is -0.132. The van der Waals surface area contributed by atoms with Crippen LogP contribution in [0.15, 0.2) is 0 Å². The van der Waals surface area contributed by atoms with Gasteiger partial charge in [-0.2, -0.15) is 0 Å². The monoisotopic (exact) mass is 217 g/mol. The van der Waals surface area contributed by atoms with Crippen molar-refractivity contribution in [1.29, 1.82) is 0 Å². The lowest BCUT2D eigenvalue weighted by Crippen LogP contribution is -2.41. The summed E-state index contributed by atoms with van der Waals surface area (Å²) in [6.45, 7) is 10.5. The first-order valence-electron chi connectivity index (χ1n) is 5.48. The van der Waals surface area contributed by atoms with Gasteiger partial charge >= 0.3 is 0 Å². The lowest BCUT2D eigenvalue weighted by atomic mass is 9.93. The zero-order valence-electron chi connectivity index (χ0n) is 10.3. The number of carbonyl (C=O) groups is 1. The molecule has 0 spiro atoms. The molecule has 0 radical (unpaired) electrons. The van der Waals surface area contributed by atoms with Crippen molar-refractivity contribution in [2.75, 3.05) is 33.0 Å². The fourth-order valence-corrected chi connectivity index (χ4v) is 1.04. The third-order valence-corrected chi connectivity index (χ3v) is 2.02. The predicted octanol–water partition coefficient (Wildman–Crippen LogP) is 1.20. The van der Waals surface area contributed by atoms with Gasteiger partial charge in [0.25, 0.3) is 0 Å². The summed E-state index contributed by atoms with van der Waals surface area (Å²) in [5.41, 5.74) is -0.470. The van der Waals surface area contributed by atoms with Crippen molar-refractivity contribution in [2.45, 2.75) is 27.7 Å². The fourth-order valence-electron chi connectivity index (χ4n) is 1.04. The van der Waals surface area contributed by atoms with Crippen LogP contribution in [0.3, 0.4) is 0 Å². The van der Waals surface area contributed by atoms with Gasteiger partial charge < -0.3 is 14.8 Å². The van der Waals surface area contributed by atoms with Crippen molar-refractivity contribution in [3.8, 4) is 0 Å². The lowest BCUT2D eigenvalue weighted by Gasteiger charge is -2.23. The standard InChI is InChI=1S/C11H23NO3/c1-5-14-8-7-12-10(13)11(3,4)9-15-6-2/h5-9H2,1-4H3,(H,12,13). The van der Waals surface area contributed by atoms with E-state index in [9.17, 15) is 4.79 Å². The van der Waals surface area contributed by atoms with Gasteiger partial charge in [0.1, 0.15) is 0 Å². The van der Waals surface area contributed by atoms with Crippen molar-refractivity contribution in [3.63, 3.8) is 0 Å². The van der Waals surface area contributed by atoms with Crippen LogP contribution in [0.25, 0.3) is 0 Å². The van der Waals surface area contributed by atoms with Gasteiger partial charge in [0.15, 0.2) is 0 Å². The average molecular weight is 217 g/mol. The Morgan fingerprint density at radius 1 is 1.20 bits per heavy atom. The highest BCUT2D eigenvalue weighted by Crippen LogP contribution is 2.15. The van der Waals surface area contributed by atoms with E-state index in [0.29, 0.717) is 33.0 Å². The second kappa shape index (κ2) is 7.65. The molecule has 0 aliphatic heterocycles. The molecule has 0 aliphatic carbocycles. The van der Waals surface area contributed by atoms with Crippen LogP contribution in [0.1, 0.15) is 27.7 Å². The molecule has 0 aromatic rings. The van der Waals surface area contributed by atoms with E-state index in [1.807, 2.05) is 27.7 Å². The van der Waals surface area contributed by atoms with Crippen LogP contribution in [0, 0.1) is 5.41 Å². The zero-order chi connectivity index (χ0) is 11.7. The molecule has 1 amide bonds. The normalized spacial score (nSPS) is 11.5. The molecule has 0 aromatic heterocycles. The number of hydrogen-bond acceptors (Lipinski definition) is 3. The fraction of sp³-hybridized carbons (Fsp3) is 0.909. The van der Waals surface area contributed by atoms with Crippen LogP contribution >= 0.6 is 0 Å². The van der Waals surface area contributed by atoms with Gasteiger partial charge in [-0.1, -0.05) is 0 Å². The van der Waals surface area contributed by atoms with Crippen molar-refractivity contribution >= 4 is 5.91 Å². The molecular formula is C11H23NO3. The summed E-state index contributed by atoms with van der Waals surface area (Å²) in [6.07, 6.45) is 0. The molecule has 1 N–H and O–H groups in total. The van der Waals surface area contributed by atoms with Gasteiger partial charge in [0.2, 0.25) is 5.91 Å². The third kappa shape index (κ3) is 6.47. The molecule has 0 saturated heterocycles. The Labute approximate surface area is 92.3 Å². The van der Waals surface area contributed by atoms with Gasteiger partial charge in [-0.25, -0.2) is 0 Å². The summed E-state index contributed by atoms with van der Waals surface area (Å²) in [7, 11) is 0. The number of nitrogens with one attached hydrogen (secondary N) is 1. The quantitative estimate of drug-likeness (QED) is 0.621. The maximum atomic E-state index is 11.7. The molecule has 4 heteroatoms. The van der Waals surface area contributed by atoms with E-state index in [1.165, 1.54) is 0 Å². The number of rotatable bonds is 8. The summed E-state index contributed by atoms with van der Waals surface area (Å²) in [4.78, 5) is 11.7. The molecular weight excluding hydrogens is 194 g/mol. The Hall–Kier alpha value is -0.610. The van der Waals surface area contributed by atoms with E-state index in [1.54, 1.807) is 0 Å². The minimum atomic E-state index is -0.470. The van der Waals surface area contributed by atoms with E-state index in [0.717, 1.165) is 0 Å². The summed E-state index contributed by atoms with van der Waals surface area (Å²) in [5, 5.41) is 2.82. The Balaban J connectivity index is 3.75. The first kappa shape index (κ1) is 14.4.